The summed E-state index contributed by atoms with van der Waals surface area (Å²) >= 11 is 8.01. The van der Waals surface area contributed by atoms with Gasteiger partial charge >= 0.3 is 5.69 Å². The fourth-order valence-electron chi connectivity index (χ4n) is 2.95. The van der Waals surface area contributed by atoms with Gasteiger partial charge in [0, 0.05) is 29.9 Å². The molecule has 138 valence electrons. The predicted octanol–water partition coefficient (Wildman–Crippen LogP) is 2.89. The number of nitrogens with one attached hydrogen (secondary N) is 1. The summed E-state index contributed by atoms with van der Waals surface area (Å²) in [6, 6.07) is 9.81. The Hall–Kier alpha value is -2.71. The number of carbonyl (C=O) groups excluding carboxylic acids is 1. The number of hydrogen-bond donors (Lipinski definition) is 2. The van der Waals surface area contributed by atoms with Gasteiger partial charge in [-0.15, -0.1) is 0 Å². The van der Waals surface area contributed by atoms with Crippen molar-refractivity contribution in [3.05, 3.63) is 69.5 Å². The van der Waals surface area contributed by atoms with Crippen LogP contribution >= 0.6 is 23.4 Å². The largest absolute Gasteiger partial charge is 0.493 e. The topological polar surface area (TPSA) is 89.2 Å². The van der Waals surface area contributed by atoms with E-state index < -0.39 is 0 Å². The van der Waals surface area contributed by atoms with Gasteiger partial charge in [-0.05, 0) is 30.3 Å². The Morgan fingerprint density at radius 3 is 2.85 bits per heavy atom. The highest BCUT2D eigenvalue weighted by molar-refractivity contribution is 7.98. The molecule has 3 heterocycles. The molecule has 1 aliphatic heterocycles. The van der Waals surface area contributed by atoms with E-state index in [1.54, 1.807) is 46.7 Å². The molecule has 3 aromatic rings. The van der Waals surface area contributed by atoms with Crippen LogP contribution in [-0.4, -0.2) is 30.9 Å². The number of rotatable bonds is 3. The number of imidazole rings is 1. The van der Waals surface area contributed by atoms with E-state index in [1.165, 1.54) is 16.8 Å². The number of hydrogen-bond acceptors (Lipinski definition) is 5. The van der Waals surface area contributed by atoms with Crippen molar-refractivity contribution >= 4 is 35.0 Å². The zero-order chi connectivity index (χ0) is 19.0. The number of carbonyl (C=O) groups is 1. The first kappa shape index (κ1) is 17.7. The third kappa shape index (κ3) is 3.22. The highest BCUT2D eigenvalue weighted by Gasteiger charge is 2.24. The zero-order valence-corrected chi connectivity index (χ0v) is 15.6. The van der Waals surface area contributed by atoms with Gasteiger partial charge in [-0.1, -0.05) is 17.7 Å². The monoisotopic (exact) mass is 402 g/mol. The average Bonchev–Trinajstić information content (AvgIpc) is 2.94. The molecule has 4 rings (SSSR count). The normalized spacial score (nSPS) is 13.2. The molecule has 27 heavy (non-hydrogen) atoms. The fourth-order valence-corrected chi connectivity index (χ4v) is 4.15. The number of fused-ring (bicyclic) bond motifs is 1. The molecular weight excluding hydrogens is 388 g/mol. The van der Waals surface area contributed by atoms with Gasteiger partial charge in [0.2, 0.25) is 5.88 Å². The van der Waals surface area contributed by atoms with Gasteiger partial charge in [0.05, 0.1) is 16.4 Å². The zero-order valence-electron chi connectivity index (χ0n) is 14.1. The molecule has 0 unspecified atom stereocenters. The molecule has 0 saturated carbocycles. The van der Waals surface area contributed by atoms with Crippen molar-refractivity contribution in [3.63, 3.8) is 0 Å². The molecule has 0 aliphatic carbocycles. The number of anilines is 1. The van der Waals surface area contributed by atoms with Crippen molar-refractivity contribution in [2.45, 2.75) is 12.3 Å². The van der Waals surface area contributed by atoms with Crippen molar-refractivity contribution in [1.29, 1.82) is 0 Å². The maximum atomic E-state index is 12.7. The lowest BCUT2D eigenvalue weighted by Crippen LogP contribution is -2.26. The van der Waals surface area contributed by atoms with Crippen molar-refractivity contribution in [3.8, 4) is 11.6 Å². The van der Waals surface area contributed by atoms with Crippen molar-refractivity contribution in [2.24, 2.45) is 0 Å². The van der Waals surface area contributed by atoms with E-state index in [0.29, 0.717) is 29.4 Å². The molecule has 2 aromatic heterocycles. The number of amides is 1. The molecule has 0 radical (unpaired) electrons. The summed E-state index contributed by atoms with van der Waals surface area (Å²) in [5.41, 5.74) is 1.38. The summed E-state index contributed by atoms with van der Waals surface area (Å²) in [5, 5.41) is 13.4. The van der Waals surface area contributed by atoms with Crippen LogP contribution in [0, 0.1) is 0 Å². The second-order valence-corrected chi connectivity index (χ2v) is 7.44. The Morgan fingerprint density at radius 2 is 2.15 bits per heavy atom. The highest BCUT2D eigenvalue weighted by atomic mass is 35.5. The van der Waals surface area contributed by atoms with E-state index in [4.69, 9.17) is 11.6 Å². The number of halogens is 1. The summed E-state index contributed by atoms with van der Waals surface area (Å²) in [5.74, 6) is 0.933. The van der Waals surface area contributed by atoms with Crippen LogP contribution in [0.1, 0.15) is 16.2 Å². The Balaban J connectivity index is 1.66. The first-order valence-corrected chi connectivity index (χ1v) is 9.73. The Labute approximate surface area is 163 Å². The molecule has 0 bridgehead atoms. The van der Waals surface area contributed by atoms with E-state index in [9.17, 15) is 14.7 Å². The number of pyridine rings is 1. The quantitative estimate of drug-likeness (QED) is 0.703. The molecule has 0 spiro atoms. The van der Waals surface area contributed by atoms with Gasteiger partial charge in [-0.3, -0.25) is 14.3 Å². The summed E-state index contributed by atoms with van der Waals surface area (Å²) in [4.78, 5) is 28.9. The van der Waals surface area contributed by atoms with Gasteiger partial charge < -0.3 is 10.4 Å². The Kier molecular flexibility index (Phi) is 4.67. The van der Waals surface area contributed by atoms with Crippen LogP contribution in [0.25, 0.3) is 5.69 Å². The molecule has 0 atom stereocenters. The van der Waals surface area contributed by atoms with Gasteiger partial charge in [0.25, 0.3) is 5.91 Å². The summed E-state index contributed by atoms with van der Waals surface area (Å²) in [6.45, 7) is 0.551. The first-order valence-electron chi connectivity index (χ1n) is 8.19. The summed E-state index contributed by atoms with van der Waals surface area (Å²) in [7, 11) is 0. The second-order valence-electron chi connectivity index (χ2n) is 5.93. The fraction of sp³-hybridized carbons (Fsp3) is 0.167. The average molecular weight is 403 g/mol. The predicted molar refractivity (Wildman–Crippen MR) is 105 cm³/mol. The van der Waals surface area contributed by atoms with Gasteiger partial charge in [0.15, 0.2) is 0 Å². The number of benzene rings is 1. The third-order valence-corrected chi connectivity index (χ3v) is 5.51. The Bertz CT molecular complexity index is 1080. The minimum Gasteiger partial charge on any atom is -0.493 e. The lowest BCUT2D eigenvalue weighted by Gasteiger charge is -2.11. The van der Waals surface area contributed by atoms with Crippen LogP contribution in [0.3, 0.4) is 0 Å². The lowest BCUT2D eigenvalue weighted by atomic mass is 10.2. The van der Waals surface area contributed by atoms with E-state index in [1.807, 2.05) is 0 Å². The maximum absolute atomic E-state index is 12.7. The van der Waals surface area contributed by atoms with Crippen LogP contribution in [0.15, 0.2) is 47.4 Å². The standard InChI is InChI=1S/C18H15ClN4O3S/c19-12-9-11(21-16(24)13-3-1-2-6-20-13)4-5-14(12)23-17(25)15-10-27-8-7-22(15)18(23)26/h1-6,9,25H,7-8,10H2,(H,21,24). The molecule has 0 saturated heterocycles. The van der Waals surface area contributed by atoms with Crippen LogP contribution in [0.2, 0.25) is 5.02 Å². The van der Waals surface area contributed by atoms with Crippen molar-refractivity contribution in [2.75, 3.05) is 11.1 Å². The Morgan fingerprint density at radius 1 is 1.30 bits per heavy atom. The first-order chi connectivity index (χ1) is 13.1. The summed E-state index contributed by atoms with van der Waals surface area (Å²) < 4.78 is 2.77. The van der Waals surface area contributed by atoms with Crippen LogP contribution in [0.4, 0.5) is 5.69 Å². The van der Waals surface area contributed by atoms with E-state index in [2.05, 4.69) is 10.3 Å². The second kappa shape index (κ2) is 7.13. The smallest absolute Gasteiger partial charge is 0.336 e. The van der Waals surface area contributed by atoms with Crippen LogP contribution < -0.4 is 11.0 Å². The molecule has 1 aliphatic rings. The molecule has 9 heteroatoms. The third-order valence-electron chi connectivity index (χ3n) is 4.26. The highest BCUT2D eigenvalue weighted by Crippen LogP contribution is 2.31. The number of aromatic hydroxyl groups is 1. The molecule has 1 amide bonds. The number of nitrogens with zero attached hydrogens (tertiary/aromatic N) is 3. The minimum atomic E-state index is -0.365. The van der Waals surface area contributed by atoms with Gasteiger partial charge in [-0.25, -0.2) is 9.36 Å². The van der Waals surface area contributed by atoms with E-state index >= 15 is 0 Å². The van der Waals surface area contributed by atoms with Crippen molar-refractivity contribution in [1.82, 2.24) is 14.1 Å². The molecule has 1 aromatic carbocycles. The van der Waals surface area contributed by atoms with E-state index in [-0.39, 0.29) is 28.2 Å². The SMILES string of the molecule is O=C(Nc1ccc(-n2c(O)c3n(c2=O)CCSC3)c(Cl)c1)c1ccccn1. The van der Waals surface area contributed by atoms with Crippen LogP contribution in [0.5, 0.6) is 5.88 Å². The maximum Gasteiger partial charge on any atom is 0.336 e. The lowest BCUT2D eigenvalue weighted by molar-refractivity contribution is 0.102. The molecule has 2 N–H and O–H groups in total. The molecule has 0 fully saturated rings. The van der Waals surface area contributed by atoms with Crippen LogP contribution in [-0.2, 0) is 12.3 Å². The van der Waals surface area contributed by atoms with Crippen molar-refractivity contribution < 1.29 is 9.90 Å². The van der Waals surface area contributed by atoms with E-state index in [0.717, 1.165) is 5.75 Å². The number of aromatic nitrogens is 3. The molecule has 7 nitrogen and oxygen atoms in total. The van der Waals surface area contributed by atoms with Gasteiger partial charge in [0.1, 0.15) is 5.69 Å². The number of thioether (sulfide) groups is 1. The molecular formula is C18H15ClN4O3S. The summed E-state index contributed by atoms with van der Waals surface area (Å²) in [6.07, 6.45) is 1.54. The van der Waals surface area contributed by atoms with Gasteiger partial charge in [-0.2, -0.15) is 11.8 Å². The minimum absolute atomic E-state index is 0.0978.